The van der Waals surface area contributed by atoms with Crippen LogP contribution in [-0.4, -0.2) is 48.2 Å². The average Bonchev–Trinajstić information content (AvgIpc) is 3.13. The molecule has 1 aliphatic carbocycles. The van der Waals surface area contributed by atoms with Gasteiger partial charge in [0.25, 0.3) is 0 Å². The summed E-state index contributed by atoms with van der Waals surface area (Å²) in [5, 5.41) is 0. The van der Waals surface area contributed by atoms with Crippen LogP contribution in [0, 0.1) is 17.8 Å². The van der Waals surface area contributed by atoms with Gasteiger partial charge >= 0.3 is 0 Å². The summed E-state index contributed by atoms with van der Waals surface area (Å²) < 4.78 is 0. The second kappa shape index (κ2) is 7.98. The summed E-state index contributed by atoms with van der Waals surface area (Å²) >= 11 is 0. The van der Waals surface area contributed by atoms with Crippen LogP contribution in [0.5, 0.6) is 0 Å². The summed E-state index contributed by atoms with van der Waals surface area (Å²) in [5.74, 6) is 1.51. The van der Waals surface area contributed by atoms with Gasteiger partial charge in [0, 0.05) is 38.0 Å². The Labute approximate surface area is 139 Å². The van der Waals surface area contributed by atoms with E-state index in [-0.39, 0.29) is 11.8 Å². The molecule has 3 rings (SSSR count). The van der Waals surface area contributed by atoms with Crippen LogP contribution in [0.25, 0.3) is 0 Å². The van der Waals surface area contributed by atoms with Gasteiger partial charge in [0.05, 0.1) is 0 Å². The number of carbonyl (C=O) groups is 2. The van der Waals surface area contributed by atoms with Crippen LogP contribution >= 0.6 is 0 Å². The van der Waals surface area contributed by atoms with Crippen molar-refractivity contribution in [2.45, 2.75) is 51.4 Å². The van der Waals surface area contributed by atoms with E-state index in [2.05, 4.69) is 22.1 Å². The van der Waals surface area contributed by atoms with E-state index in [9.17, 15) is 9.59 Å². The molecule has 1 saturated carbocycles. The Bertz CT molecular complexity index is 433. The van der Waals surface area contributed by atoms with Crippen molar-refractivity contribution in [3.8, 4) is 0 Å². The summed E-state index contributed by atoms with van der Waals surface area (Å²) in [6.45, 7) is 4.23. The van der Waals surface area contributed by atoms with Crippen LogP contribution in [0.1, 0.15) is 51.4 Å². The Morgan fingerprint density at radius 1 is 1.04 bits per heavy atom. The van der Waals surface area contributed by atoms with Crippen LogP contribution in [0.15, 0.2) is 12.3 Å². The molecule has 0 radical (unpaired) electrons. The zero-order chi connectivity index (χ0) is 16.1. The monoisotopic (exact) mass is 318 g/mol. The molecule has 4 nitrogen and oxygen atoms in total. The quantitative estimate of drug-likeness (QED) is 0.732. The molecule has 0 atom stereocenters. The molecular weight excluding hydrogens is 288 g/mol. The van der Waals surface area contributed by atoms with Crippen molar-refractivity contribution < 1.29 is 9.59 Å². The van der Waals surface area contributed by atoms with E-state index in [1.165, 1.54) is 25.9 Å². The van der Waals surface area contributed by atoms with Crippen molar-refractivity contribution in [3.05, 3.63) is 12.3 Å². The lowest BCUT2D eigenvalue weighted by molar-refractivity contribution is -0.138. The topological polar surface area (TPSA) is 40.6 Å². The van der Waals surface area contributed by atoms with E-state index in [4.69, 9.17) is 0 Å². The summed E-state index contributed by atoms with van der Waals surface area (Å²) in [6.07, 6.45) is 13.9. The lowest BCUT2D eigenvalue weighted by atomic mass is 9.81. The molecule has 0 unspecified atom stereocenters. The molecule has 1 saturated heterocycles. The maximum Gasteiger partial charge on any atom is 0.225 e. The molecule has 4 heteroatoms. The first-order valence-electron chi connectivity index (χ1n) is 9.41. The van der Waals surface area contributed by atoms with Gasteiger partial charge in [0.2, 0.25) is 5.91 Å². The van der Waals surface area contributed by atoms with E-state index >= 15 is 0 Å². The van der Waals surface area contributed by atoms with Gasteiger partial charge in [-0.15, -0.1) is 0 Å². The molecule has 0 aromatic carbocycles. The van der Waals surface area contributed by atoms with Gasteiger partial charge < -0.3 is 14.6 Å². The lowest BCUT2D eigenvalue weighted by Crippen LogP contribution is -2.43. The first kappa shape index (κ1) is 16.5. The SMILES string of the molecule is O=CC1CCC(C(=O)N2CCC(CCN3C=CCC3)CC2)CC1. The Hall–Kier alpha value is -1.32. The molecule has 0 aromatic rings. The molecule has 0 bridgehead atoms. The number of hydrogen-bond acceptors (Lipinski definition) is 3. The fourth-order valence-electron chi connectivity index (χ4n) is 4.28. The Balaban J connectivity index is 1.37. The Kier molecular flexibility index (Phi) is 5.74. The van der Waals surface area contributed by atoms with Gasteiger partial charge in [-0.25, -0.2) is 0 Å². The maximum absolute atomic E-state index is 12.6. The number of nitrogens with zero attached hydrogens (tertiary/aromatic N) is 2. The number of aldehydes is 1. The molecule has 2 aliphatic heterocycles. The third-order valence-corrected chi connectivity index (χ3v) is 5.96. The smallest absolute Gasteiger partial charge is 0.225 e. The number of hydrogen-bond donors (Lipinski definition) is 0. The number of piperidine rings is 1. The Morgan fingerprint density at radius 2 is 1.78 bits per heavy atom. The molecule has 2 heterocycles. The highest BCUT2D eigenvalue weighted by Crippen LogP contribution is 2.30. The van der Waals surface area contributed by atoms with E-state index < -0.39 is 0 Å². The maximum atomic E-state index is 12.6. The van der Waals surface area contributed by atoms with Crippen molar-refractivity contribution in [1.82, 2.24) is 9.80 Å². The lowest BCUT2D eigenvalue weighted by Gasteiger charge is -2.36. The number of amides is 1. The van der Waals surface area contributed by atoms with Gasteiger partial charge in [0.15, 0.2) is 0 Å². The van der Waals surface area contributed by atoms with Crippen molar-refractivity contribution in [2.75, 3.05) is 26.2 Å². The standard InChI is InChI=1S/C19H30N2O2/c22-15-17-3-5-18(6-4-17)19(23)21-13-8-16(9-14-21)7-12-20-10-1-2-11-20/h1,10,15-18H,2-9,11-14H2. The molecule has 3 aliphatic rings. The van der Waals surface area contributed by atoms with E-state index in [1.807, 2.05) is 0 Å². The van der Waals surface area contributed by atoms with E-state index in [1.54, 1.807) is 0 Å². The van der Waals surface area contributed by atoms with E-state index in [0.717, 1.165) is 63.8 Å². The number of rotatable bonds is 5. The van der Waals surface area contributed by atoms with Crippen molar-refractivity contribution in [3.63, 3.8) is 0 Å². The first-order valence-corrected chi connectivity index (χ1v) is 9.41. The normalized spacial score (nSPS) is 29.0. The summed E-state index contributed by atoms with van der Waals surface area (Å²) in [5.41, 5.74) is 0. The minimum absolute atomic E-state index is 0.178. The average molecular weight is 318 g/mol. The first-order chi connectivity index (χ1) is 11.3. The number of likely N-dealkylation sites (tertiary alicyclic amines) is 1. The van der Waals surface area contributed by atoms with Crippen molar-refractivity contribution in [2.24, 2.45) is 17.8 Å². The molecule has 0 spiro atoms. The van der Waals surface area contributed by atoms with E-state index in [0.29, 0.717) is 5.91 Å². The fraction of sp³-hybridized carbons (Fsp3) is 0.789. The molecule has 1 amide bonds. The Morgan fingerprint density at radius 3 is 2.39 bits per heavy atom. The van der Waals surface area contributed by atoms with Gasteiger partial charge in [-0.3, -0.25) is 4.79 Å². The summed E-state index contributed by atoms with van der Waals surface area (Å²) in [7, 11) is 0. The summed E-state index contributed by atoms with van der Waals surface area (Å²) in [6, 6.07) is 0. The van der Waals surface area contributed by atoms with Crippen LogP contribution in [-0.2, 0) is 9.59 Å². The largest absolute Gasteiger partial charge is 0.377 e. The number of carbonyl (C=O) groups excluding carboxylic acids is 2. The minimum atomic E-state index is 0.178. The molecule has 128 valence electrons. The van der Waals surface area contributed by atoms with Crippen molar-refractivity contribution >= 4 is 12.2 Å². The van der Waals surface area contributed by atoms with Gasteiger partial charge in [-0.1, -0.05) is 6.08 Å². The highest BCUT2D eigenvalue weighted by atomic mass is 16.2. The van der Waals surface area contributed by atoms with Crippen LogP contribution in [0.3, 0.4) is 0 Å². The van der Waals surface area contributed by atoms with Crippen LogP contribution < -0.4 is 0 Å². The predicted octanol–water partition coefficient (Wildman–Crippen LogP) is 2.84. The van der Waals surface area contributed by atoms with Gasteiger partial charge in [-0.2, -0.15) is 0 Å². The predicted molar refractivity (Wildman–Crippen MR) is 90.8 cm³/mol. The highest BCUT2D eigenvalue weighted by molar-refractivity contribution is 5.79. The molecule has 23 heavy (non-hydrogen) atoms. The van der Waals surface area contributed by atoms with Crippen molar-refractivity contribution in [1.29, 1.82) is 0 Å². The minimum Gasteiger partial charge on any atom is -0.377 e. The molecule has 0 aromatic heterocycles. The molecule has 0 N–H and O–H groups in total. The van der Waals surface area contributed by atoms with Crippen LogP contribution in [0.2, 0.25) is 0 Å². The zero-order valence-corrected chi connectivity index (χ0v) is 14.2. The second-order valence-electron chi connectivity index (χ2n) is 7.51. The molecule has 2 fully saturated rings. The molecular formula is C19H30N2O2. The third kappa shape index (κ3) is 4.36. The second-order valence-corrected chi connectivity index (χ2v) is 7.51. The third-order valence-electron chi connectivity index (χ3n) is 5.96. The highest BCUT2D eigenvalue weighted by Gasteiger charge is 2.31. The van der Waals surface area contributed by atoms with Gasteiger partial charge in [-0.05, 0) is 63.5 Å². The van der Waals surface area contributed by atoms with Gasteiger partial charge in [0.1, 0.15) is 6.29 Å². The summed E-state index contributed by atoms with van der Waals surface area (Å²) in [4.78, 5) is 28.0. The van der Waals surface area contributed by atoms with Crippen LogP contribution in [0.4, 0.5) is 0 Å². The fourth-order valence-corrected chi connectivity index (χ4v) is 4.28. The zero-order valence-electron chi connectivity index (χ0n) is 14.2.